The van der Waals surface area contributed by atoms with Gasteiger partial charge in [0, 0.05) is 5.56 Å². The second kappa shape index (κ2) is 6.89. The highest BCUT2D eigenvalue weighted by molar-refractivity contribution is 6.05. The zero-order valence-corrected chi connectivity index (χ0v) is 12.7. The van der Waals surface area contributed by atoms with Gasteiger partial charge in [-0.1, -0.05) is 28.9 Å². The van der Waals surface area contributed by atoms with E-state index in [0.717, 1.165) is 5.56 Å². The summed E-state index contributed by atoms with van der Waals surface area (Å²) in [7, 11) is 0. The molecule has 0 saturated heterocycles. The molecule has 0 atom stereocenters. The van der Waals surface area contributed by atoms with Crippen LogP contribution in [0.25, 0.3) is 11.3 Å². The van der Waals surface area contributed by atoms with E-state index in [2.05, 4.69) is 5.16 Å². The smallest absolute Gasteiger partial charge is 0.378 e. The van der Waals surface area contributed by atoms with Gasteiger partial charge in [-0.2, -0.15) is 0 Å². The third-order valence-corrected chi connectivity index (χ3v) is 2.92. The number of carbonyl (C=O) groups excluding carboxylic acids is 2. The minimum absolute atomic E-state index is 0.00843. The summed E-state index contributed by atoms with van der Waals surface area (Å²) < 4.78 is 14.9. The van der Waals surface area contributed by atoms with E-state index in [1.165, 1.54) is 0 Å². The number of hydrogen-bond donors (Lipinski definition) is 0. The summed E-state index contributed by atoms with van der Waals surface area (Å²) in [5.74, 6) is -1.64. The maximum absolute atomic E-state index is 12.2. The first-order valence-corrected chi connectivity index (χ1v) is 6.99. The summed E-state index contributed by atoms with van der Waals surface area (Å²) in [6.45, 7) is 5.61. The zero-order chi connectivity index (χ0) is 16.1. The van der Waals surface area contributed by atoms with Gasteiger partial charge < -0.3 is 14.0 Å². The van der Waals surface area contributed by atoms with Gasteiger partial charge in [0.2, 0.25) is 0 Å². The van der Waals surface area contributed by atoms with Gasteiger partial charge in [-0.05, 0) is 26.8 Å². The van der Waals surface area contributed by atoms with Crippen molar-refractivity contribution < 1.29 is 23.6 Å². The van der Waals surface area contributed by atoms with Crippen LogP contribution in [0.1, 0.15) is 40.3 Å². The number of aryl methyl sites for hydroxylation is 1. The summed E-state index contributed by atoms with van der Waals surface area (Å²) in [4.78, 5) is 24.1. The molecule has 0 N–H and O–H groups in total. The van der Waals surface area contributed by atoms with Crippen LogP contribution < -0.4 is 0 Å². The number of nitrogens with zero attached hydrogens (tertiary/aromatic N) is 1. The van der Waals surface area contributed by atoms with Gasteiger partial charge in [-0.3, -0.25) is 0 Å². The number of esters is 2. The van der Waals surface area contributed by atoms with Crippen molar-refractivity contribution in [3.8, 4) is 11.3 Å². The van der Waals surface area contributed by atoms with Crippen LogP contribution in [-0.2, 0) is 9.47 Å². The Kier molecular flexibility index (Phi) is 4.93. The van der Waals surface area contributed by atoms with Crippen LogP contribution in [0, 0.1) is 6.92 Å². The number of benzene rings is 1. The van der Waals surface area contributed by atoms with E-state index in [0.29, 0.717) is 5.56 Å². The second-order valence-electron chi connectivity index (χ2n) is 4.55. The lowest BCUT2D eigenvalue weighted by Crippen LogP contribution is -2.13. The van der Waals surface area contributed by atoms with Crippen molar-refractivity contribution in [3.63, 3.8) is 0 Å². The molecule has 0 aliphatic heterocycles. The summed E-state index contributed by atoms with van der Waals surface area (Å²) >= 11 is 0. The average molecular weight is 303 g/mol. The van der Waals surface area contributed by atoms with Gasteiger partial charge >= 0.3 is 11.9 Å². The van der Waals surface area contributed by atoms with Crippen molar-refractivity contribution in [2.24, 2.45) is 0 Å². The van der Waals surface area contributed by atoms with Crippen LogP contribution in [0.3, 0.4) is 0 Å². The number of aromatic nitrogens is 1. The van der Waals surface area contributed by atoms with Crippen LogP contribution in [0.15, 0.2) is 28.8 Å². The maximum Gasteiger partial charge on any atom is 0.378 e. The SMILES string of the molecule is CCOC(=O)c1onc(-c2cccc(C)c2)c1C(=O)OCC. The molecule has 0 fully saturated rings. The Hall–Kier alpha value is -2.63. The van der Waals surface area contributed by atoms with Crippen molar-refractivity contribution in [2.45, 2.75) is 20.8 Å². The van der Waals surface area contributed by atoms with E-state index in [-0.39, 0.29) is 30.2 Å². The van der Waals surface area contributed by atoms with Crippen LogP contribution in [0.2, 0.25) is 0 Å². The van der Waals surface area contributed by atoms with Crippen molar-refractivity contribution in [1.82, 2.24) is 5.16 Å². The van der Waals surface area contributed by atoms with Crippen LogP contribution in [-0.4, -0.2) is 30.3 Å². The predicted octanol–water partition coefficient (Wildman–Crippen LogP) is 3.00. The van der Waals surface area contributed by atoms with E-state index >= 15 is 0 Å². The number of ether oxygens (including phenoxy) is 2. The standard InChI is InChI=1S/C16H17NO5/c1-4-20-15(18)12-13(11-8-6-7-10(3)9-11)17-22-14(12)16(19)21-5-2/h6-9H,4-5H2,1-3H3. The molecule has 0 bridgehead atoms. The Morgan fingerprint density at radius 3 is 2.45 bits per heavy atom. The minimum atomic E-state index is -0.739. The summed E-state index contributed by atoms with van der Waals surface area (Å²) in [5, 5.41) is 3.86. The molecule has 6 nitrogen and oxygen atoms in total. The van der Waals surface area contributed by atoms with Crippen LogP contribution in [0.4, 0.5) is 0 Å². The molecule has 0 saturated carbocycles. The molecule has 0 unspecified atom stereocenters. The van der Waals surface area contributed by atoms with Gasteiger partial charge in [0.15, 0.2) is 0 Å². The molecular formula is C16H17NO5. The van der Waals surface area contributed by atoms with Gasteiger partial charge in [0.1, 0.15) is 11.3 Å². The molecule has 0 amide bonds. The predicted molar refractivity (Wildman–Crippen MR) is 78.6 cm³/mol. The molecule has 0 aliphatic rings. The highest BCUT2D eigenvalue weighted by Gasteiger charge is 2.30. The van der Waals surface area contributed by atoms with E-state index < -0.39 is 11.9 Å². The topological polar surface area (TPSA) is 78.6 Å². The largest absolute Gasteiger partial charge is 0.462 e. The highest BCUT2D eigenvalue weighted by Crippen LogP contribution is 2.27. The first-order valence-electron chi connectivity index (χ1n) is 6.99. The lowest BCUT2D eigenvalue weighted by Gasteiger charge is -2.04. The van der Waals surface area contributed by atoms with Gasteiger partial charge in [-0.25, -0.2) is 9.59 Å². The molecule has 0 radical (unpaired) electrons. The van der Waals surface area contributed by atoms with Crippen LogP contribution >= 0.6 is 0 Å². The van der Waals surface area contributed by atoms with E-state index in [1.807, 2.05) is 25.1 Å². The summed E-state index contributed by atoms with van der Waals surface area (Å²) in [6.07, 6.45) is 0. The fraction of sp³-hybridized carbons (Fsp3) is 0.312. The van der Waals surface area contributed by atoms with Crippen molar-refractivity contribution in [1.29, 1.82) is 0 Å². The molecule has 1 aromatic heterocycles. The fourth-order valence-corrected chi connectivity index (χ4v) is 2.01. The molecular weight excluding hydrogens is 286 g/mol. The van der Waals surface area contributed by atoms with E-state index in [1.54, 1.807) is 19.9 Å². The molecule has 6 heteroatoms. The summed E-state index contributed by atoms with van der Waals surface area (Å²) in [5.41, 5.74) is 1.92. The van der Waals surface area contributed by atoms with Gasteiger partial charge in [0.25, 0.3) is 5.76 Å². The van der Waals surface area contributed by atoms with Crippen LogP contribution in [0.5, 0.6) is 0 Å². The highest BCUT2D eigenvalue weighted by atomic mass is 16.6. The van der Waals surface area contributed by atoms with Gasteiger partial charge in [-0.15, -0.1) is 0 Å². The van der Waals surface area contributed by atoms with Gasteiger partial charge in [0.05, 0.1) is 13.2 Å². The first-order chi connectivity index (χ1) is 10.6. The lowest BCUT2D eigenvalue weighted by atomic mass is 10.0. The average Bonchev–Trinajstić information content (AvgIpc) is 2.92. The molecule has 116 valence electrons. The maximum atomic E-state index is 12.2. The summed E-state index contributed by atoms with van der Waals surface area (Å²) in [6, 6.07) is 7.37. The minimum Gasteiger partial charge on any atom is -0.462 e. The Morgan fingerprint density at radius 1 is 1.14 bits per heavy atom. The van der Waals surface area contributed by atoms with E-state index in [4.69, 9.17) is 14.0 Å². The molecule has 22 heavy (non-hydrogen) atoms. The Morgan fingerprint density at radius 2 is 1.82 bits per heavy atom. The van der Waals surface area contributed by atoms with Crippen molar-refractivity contribution >= 4 is 11.9 Å². The Bertz CT molecular complexity index is 690. The Balaban J connectivity index is 2.54. The zero-order valence-electron chi connectivity index (χ0n) is 12.7. The first kappa shape index (κ1) is 15.8. The monoisotopic (exact) mass is 303 g/mol. The number of hydrogen-bond acceptors (Lipinski definition) is 6. The molecule has 1 heterocycles. The molecule has 1 aromatic carbocycles. The quantitative estimate of drug-likeness (QED) is 0.790. The van der Waals surface area contributed by atoms with Crippen molar-refractivity contribution in [3.05, 3.63) is 41.2 Å². The van der Waals surface area contributed by atoms with Crippen molar-refractivity contribution in [2.75, 3.05) is 13.2 Å². The normalized spacial score (nSPS) is 10.3. The molecule has 0 aliphatic carbocycles. The molecule has 2 rings (SSSR count). The third-order valence-electron chi connectivity index (χ3n) is 2.92. The molecule has 0 spiro atoms. The van der Waals surface area contributed by atoms with E-state index in [9.17, 15) is 9.59 Å². The fourth-order valence-electron chi connectivity index (χ4n) is 2.01. The number of carbonyl (C=O) groups is 2. The Labute approximate surface area is 128 Å². The number of rotatable bonds is 5. The lowest BCUT2D eigenvalue weighted by molar-refractivity contribution is 0.0445. The molecule has 2 aromatic rings. The third kappa shape index (κ3) is 3.16. The second-order valence-corrected chi connectivity index (χ2v) is 4.55.